The van der Waals surface area contributed by atoms with E-state index in [1.54, 1.807) is 29.2 Å². The van der Waals surface area contributed by atoms with Crippen molar-refractivity contribution in [1.82, 2.24) is 10.2 Å². The van der Waals surface area contributed by atoms with Crippen LogP contribution in [-0.4, -0.2) is 44.5 Å². The second-order valence-corrected chi connectivity index (χ2v) is 10.6. The molecule has 2 amide bonds. The topological polar surface area (TPSA) is 83.6 Å². The predicted molar refractivity (Wildman–Crippen MR) is 121 cm³/mol. The molecule has 6 nitrogen and oxygen atoms in total. The summed E-state index contributed by atoms with van der Waals surface area (Å²) in [6, 6.07) is 12.1. The normalized spacial score (nSPS) is 17.8. The smallest absolute Gasteiger partial charge is 0.253 e. The number of hydrogen-bond donors (Lipinski definition) is 1. The third-order valence-corrected chi connectivity index (χ3v) is 6.84. The lowest BCUT2D eigenvalue weighted by Gasteiger charge is -2.33. The van der Waals surface area contributed by atoms with Crippen LogP contribution in [-0.2, 0) is 14.6 Å². The van der Waals surface area contributed by atoms with Crippen LogP contribution in [0.4, 0.5) is 0 Å². The second-order valence-electron chi connectivity index (χ2n) is 8.54. The summed E-state index contributed by atoms with van der Waals surface area (Å²) in [5, 5.41) is 3.02. The minimum absolute atomic E-state index is 0.0336. The Hall–Kier alpha value is -2.67. The van der Waals surface area contributed by atoms with Gasteiger partial charge in [-0.1, -0.05) is 29.3 Å². The minimum Gasteiger partial charge on any atom is -0.349 e. The van der Waals surface area contributed by atoms with E-state index in [1.807, 2.05) is 39.0 Å². The molecule has 31 heavy (non-hydrogen) atoms. The molecule has 1 fully saturated rings. The molecule has 0 bridgehead atoms. The highest BCUT2D eigenvalue weighted by molar-refractivity contribution is 7.90. The van der Waals surface area contributed by atoms with Crippen LogP contribution in [0, 0.1) is 19.8 Å². The number of carbonyl (C=O) groups is 2. The van der Waals surface area contributed by atoms with Crippen molar-refractivity contribution in [1.29, 1.82) is 0 Å². The van der Waals surface area contributed by atoms with Crippen molar-refractivity contribution in [3.8, 4) is 0 Å². The zero-order valence-electron chi connectivity index (χ0n) is 18.5. The van der Waals surface area contributed by atoms with Gasteiger partial charge in [-0.15, -0.1) is 0 Å². The summed E-state index contributed by atoms with van der Waals surface area (Å²) in [5.41, 5.74) is 3.59. The van der Waals surface area contributed by atoms with Gasteiger partial charge in [-0.3, -0.25) is 9.59 Å². The van der Waals surface area contributed by atoms with E-state index in [0.29, 0.717) is 18.7 Å². The van der Waals surface area contributed by atoms with Crippen molar-refractivity contribution >= 4 is 21.7 Å². The lowest BCUT2D eigenvalue weighted by molar-refractivity contribution is -0.127. The van der Waals surface area contributed by atoms with E-state index in [4.69, 9.17) is 0 Å². The molecular formula is C24H30N2O4S. The second kappa shape index (κ2) is 9.22. The number of nitrogens with one attached hydrogen (secondary N) is 1. The summed E-state index contributed by atoms with van der Waals surface area (Å²) in [4.78, 5) is 27.9. The molecule has 0 saturated carbocycles. The van der Waals surface area contributed by atoms with E-state index in [0.717, 1.165) is 29.5 Å². The number of hydrogen-bond acceptors (Lipinski definition) is 4. The summed E-state index contributed by atoms with van der Waals surface area (Å²) >= 11 is 0. The van der Waals surface area contributed by atoms with Crippen molar-refractivity contribution in [2.75, 3.05) is 19.3 Å². The average molecular weight is 443 g/mol. The Kier molecular flexibility index (Phi) is 6.84. The first-order valence-electron chi connectivity index (χ1n) is 10.5. The Morgan fingerprint density at radius 3 is 2.26 bits per heavy atom. The zero-order chi connectivity index (χ0) is 22.8. The fourth-order valence-electron chi connectivity index (χ4n) is 4.07. The third kappa shape index (κ3) is 5.73. The van der Waals surface area contributed by atoms with Gasteiger partial charge < -0.3 is 10.2 Å². The molecule has 0 radical (unpaired) electrons. The first-order chi connectivity index (χ1) is 14.5. The van der Waals surface area contributed by atoms with Crippen LogP contribution in [0.15, 0.2) is 47.4 Å². The molecular weight excluding hydrogens is 412 g/mol. The fraction of sp³-hybridized carbons (Fsp3) is 0.417. The highest BCUT2D eigenvalue weighted by atomic mass is 32.2. The van der Waals surface area contributed by atoms with Crippen LogP contribution in [0.1, 0.15) is 52.9 Å². The van der Waals surface area contributed by atoms with Crippen LogP contribution in [0.5, 0.6) is 0 Å². The molecule has 2 unspecified atom stereocenters. The van der Waals surface area contributed by atoms with Gasteiger partial charge in [-0.2, -0.15) is 0 Å². The molecule has 3 rings (SSSR count). The highest BCUT2D eigenvalue weighted by Gasteiger charge is 2.29. The standard InChI is InChI=1S/C24H30N2O4S/c1-16-12-17(2)14-21(13-16)24(28)26-11-5-6-20(15-26)23(27)25-18(3)19-7-9-22(10-8-19)31(4,29)30/h7-10,12-14,18,20H,5-6,11,15H2,1-4H3,(H,25,27). The maximum absolute atomic E-state index is 13.0. The summed E-state index contributed by atoms with van der Waals surface area (Å²) < 4.78 is 23.2. The molecule has 1 N–H and O–H groups in total. The Bertz CT molecular complexity index is 1060. The Labute approximate surface area is 184 Å². The Morgan fingerprint density at radius 1 is 1.06 bits per heavy atom. The molecule has 0 spiro atoms. The van der Waals surface area contributed by atoms with Gasteiger partial charge in [0.05, 0.1) is 16.9 Å². The number of aryl methyl sites for hydroxylation is 2. The van der Waals surface area contributed by atoms with Gasteiger partial charge in [-0.05, 0) is 63.4 Å². The Balaban J connectivity index is 1.64. The number of benzene rings is 2. The molecule has 2 aromatic carbocycles. The molecule has 1 aliphatic rings. The van der Waals surface area contributed by atoms with Crippen molar-refractivity contribution in [2.45, 2.75) is 44.6 Å². The number of likely N-dealkylation sites (tertiary alicyclic amines) is 1. The lowest BCUT2D eigenvalue weighted by Crippen LogP contribution is -2.45. The molecule has 1 aliphatic heterocycles. The van der Waals surface area contributed by atoms with Gasteiger partial charge in [0.1, 0.15) is 0 Å². The molecule has 1 saturated heterocycles. The molecule has 2 atom stereocenters. The molecule has 1 heterocycles. The van der Waals surface area contributed by atoms with Gasteiger partial charge >= 0.3 is 0 Å². The largest absolute Gasteiger partial charge is 0.349 e. The summed E-state index contributed by atoms with van der Waals surface area (Å²) in [6.45, 7) is 6.87. The number of sulfone groups is 1. The maximum Gasteiger partial charge on any atom is 0.253 e. The first-order valence-corrected chi connectivity index (χ1v) is 12.4. The monoisotopic (exact) mass is 442 g/mol. The van der Waals surface area contributed by atoms with Gasteiger partial charge in [-0.25, -0.2) is 8.42 Å². The zero-order valence-corrected chi connectivity index (χ0v) is 19.3. The summed E-state index contributed by atoms with van der Waals surface area (Å²) in [7, 11) is -3.25. The van der Waals surface area contributed by atoms with E-state index in [-0.39, 0.29) is 28.7 Å². The van der Waals surface area contributed by atoms with Crippen molar-refractivity contribution in [2.24, 2.45) is 5.92 Å². The van der Waals surface area contributed by atoms with Crippen LogP contribution in [0.25, 0.3) is 0 Å². The van der Waals surface area contributed by atoms with Gasteiger partial charge in [0.2, 0.25) is 5.91 Å². The van der Waals surface area contributed by atoms with Crippen LogP contribution in [0.2, 0.25) is 0 Å². The van der Waals surface area contributed by atoms with Crippen molar-refractivity contribution in [3.63, 3.8) is 0 Å². The Morgan fingerprint density at radius 2 is 1.68 bits per heavy atom. The van der Waals surface area contributed by atoms with Crippen LogP contribution in [0.3, 0.4) is 0 Å². The molecule has 0 aliphatic carbocycles. The van der Waals surface area contributed by atoms with E-state index in [9.17, 15) is 18.0 Å². The SMILES string of the molecule is Cc1cc(C)cc(C(=O)N2CCCC(C(=O)NC(C)c3ccc(S(C)(=O)=O)cc3)C2)c1. The maximum atomic E-state index is 13.0. The van der Waals surface area contributed by atoms with E-state index in [1.165, 1.54) is 6.26 Å². The third-order valence-electron chi connectivity index (χ3n) is 5.72. The van der Waals surface area contributed by atoms with Gasteiger partial charge in [0.15, 0.2) is 9.84 Å². The molecule has 0 aromatic heterocycles. The number of amides is 2. The van der Waals surface area contributed by atoms with Crippen LogP contribution >= 0.6 is 0 Å². The average Bonchev–Trinajstić information content (AvgIpc) is 2.72. The van der Waals surface area contributed by atoms with Gasteiger partial charge in [0, 0.05) is 24.9 Å². The number of carbonyl (C=O) groups excluding carboxylic acids is 2. The lowest BCUT2D eigenvalue weighted by atomic mass is 9.95. The van der Waals surface area contributed by atoms with E-state index < -0.39 is 9.84 Å². The quantitative estimate of drug-likeness (QED) is 0.769. The molecule has 7 heteroatoms. The van der Waals surface area contributed by atoms with E-state index >= 15 is 0 Å². The van der Waals surface area contributed by atoms with Crippen LogP contribution < -0.4 is 5.32 Å². The minimum atomic E-state index is -3.25. The van der Waals surface area contributed by atoms with E-state index in [2.05, 4.69) is 5.32 Å². The van der Waals surface area contributed by atoms with Crippen molar-refractivity contribution in [3.05, 3.63) is 64.7 Å². The predicted octanol–water partition coefficient (Wildman–Crippen LogP) is 3.44. The molecule has 166 valence electrons. The number of nitrogens with zero attached hydrogens (tertiary/aromatic N) is 1. The first kappa shape index (κ1) is 23.0. The van der Waals surface area contributed by atoms with Crippen molar-refractivity contribution < 1.29 is 18.0 Å². The molecule has 2 aromatic rings. The summed E-state index contributed by atoms with van der Waals surface area (Å²) in [5.74, 6) is -0.382. The van der Waals surface area contributed by atoms with Gasteiger partial charge in [0.25, 0.3) is 5.91 Å². The number of piperidine rings is 1. The highest BCUT2D eigenvalue weighted by Crippen LogP contribution is 2.22. The summed E-state index contributed by atoms with van der Waals surface area (Å²) in [6.07, 6.45) is 2.69. The number of rotatable bonds is 5. The fourth-order valence-corrected chi connectivity index (χ4v) is 4.71.